The van der Waals surface area contributed by atoms with Crippen molar-refractivity contribution in [3.63, 3.8) is 0 Å². The molecule has 182 valence electrons. The minimum atomic E-state index is -1.05. The second-order valence-corrected chi connectivity index (χ2v) is 8.87. The highest BCUT2D eigenvalue weighted by atomic mass is 16.7. The summed E-state index contributed by atoms with van der Waals surface area (Å²) in [6.07, 6.45) is 0.798. The first kappa shape index (κ1) is 22.6. The molecule has 2 aliphatic carbocycles. The zero-order chi connectivity index (χ0) is 24.0. The highest BCUT2D eigenvalue weighted by Crippen LogP contribution is 2.53. The zero-order valence-electron chi connectivity index (χ0n) is 19.4. The Hall–Kier alpha value is -3.17. The highest BCUT2D eigenvalue weighted by Gasteiger charge is 2.48. The van der Waals surface area contributed by atoms with Gasteiger partial charge in [-0.1, -0.05) is 0 Å². The van der Waals surface area contributed by atoms with Crippen LogP contribution >= 0.6 is 0 Å². The van der Waals surface area contributed by atoms with E-state index >= 15 is 0 Å². The SMILES string of the molecule is COc1cc([C@@H]2c3cc4c(cc3[C@H](O)[C@@H](CO)[C@@H]2C(=O)NC2CC2)OCO4)cc(OC)c1OC. The fraction of sp³-hybridized carbons (Fsp3) is 0.480. The van der Waals surface area contributed by atoms with Gasteiger partial charge in [-0.05, 0) is 53.8 Å². The molecule has 5 rings (SSSR count). The van der Waals surface area contributed by atoms with Gasteiger partial charge in [0.1, 0.15) is 0 Å². The maximum Gasteiger partial charge on any atom is 0.231 e. The maximum atomic E-state index is 13.5. The molecule has 2 aromatic rings. The lowest BCUT2D eigenvalue weighted by Gasteiger charge is -2.41. The van der Waals surface area contributed by atoms with E-state index in [-0.39, 0.29) is 25.3 Å². The van der Waals surface area contributed by atoms with E-state index in [0.717, 1.165) is 24.0 Å². The number of methoxy groups -OCH3 is 3. The number of hydrogen-bond donors (Lipinski definition) is 3. The molecule has 0 spiro atoms. The molecule has 34 heavy (non-hydrogen) atoms. The summed E-state index contributed by atoms with van der Waals surface area (Å²) in [7, 11) is 4.59. The van der Waals surface area contributed by atoms with Gasteiger partial charge < -0.3 is 39.2 Å². The Morgan fingerprint density at radius 2 is 1.62 bits per heavy atom. The minimum absolute atomic E-state index is 0.0815. The van der Waals surface area contributed by atoms with E-state index in [0.29, 0.717) is 34.3 Å². The smallest absolute Gasteiger partial charge is 0.231 e. The topological polar surface area (TPSA) is 116 Å². The van der Waals surface area contributed by atoms with E-state index in [1.165, 1.54) is 21.3 Å². The van der Waals surface area contributed by atoms with Crippen LogP contribution in [-0.2, 0) is 4.79 Å². The van der Waals surface area contributed by atoms with Crippen LogP contribution < -0.4 is 29.0 Å². The van der Waals surface area contributed by atoms with Gasteiger partial charge in [0.15, 0.2) is 23.0 Å². The lowest BCUT2D eigenvalue weighted by Crippen LogP contribution is -2.46. The fourth-order valence-electron chi connectivity index (χ4n) is 5.12. The number of carbonyl (C=O) groups excluding carboxylic acids is 1. The predicted octanol–water partition coefficient (Wildman–Crippen LogP) is 2.12. The summed E-state index contributed by atoms with van der Waals surface area (Å²) in [5.74, 6) is 0.228. The van der Waals surface area contributed by atoms with Crippen molar-refractivity contribution in [1.82, 2.24) is 5.32 Å². The van der Waals surface area contributed by atoms with Gasteiger partial charge in [0.2, 0.25) is 18.4 Å². The van der Waals surface area contributed by atoms with Crippen LogP contribution in [0.2, 0.25) is 0 Å². The average Bonchev–Trinajstić information content (AvgIpc) is 3.55. The summed E-state index contributed by atoms with van der Waals surface area (Å²) >= 11 is 0. The van der Waals surface area contributed by atoms with Crippen LogP contribution in [0.3, 0.4) is 0 Å². The quantitative estimate of drug-likeness (QED) is 0.563. The van der Waals surface area contributed by atoms with E-state index in [9.17, 15) is 15.0 Å². The van der Waals surface area contributed by atoms with Crippen LogP contribution in [0.15, 0.2) is 24.3 Å². The molecule has 0 radical (unpaired) electrons. The summed E-state index contributed by atoms with van der Waals surface area (Å²) in [5, 5.41) is 24.7. The molecule has 1 saturated carbocycles. The highest BCUT2D eigenvalue weighted by molar-refractivity contribution is 5.82. The third kappa shape index (κ3) is 3.69. The maximum absolute atomic E-state index is 13.5. The number of carbonyl (C=O) groups is 1. The van der Waals surface area contributed by atoms with Gasteiger partial charge in [0.25, 0.3) is 0 Å². The lowest BCUT2D eigenvalue weighted by atomic mass is 9.64. The predicted molar refractivity (Wildman–Crippen MR) is 121 cm³/mol. The Kier molecular flexibility index (Phi) is 5.91. The number of hydrogen-bond acceptors (Lipinski definition) is 8. The molecule has 1 aliphatic heterocycles. The monoisotopic (exact) mass is 471 g/mol. The number of benzene rings is 2. The van der Waals surface area contributed by atoms with Crippen molar-refractivity contribution >= 4 is 5.91 Å². The van der Waals surface area contributed by atoms with Crippen molar-refractivity contribution in [2.45, 2.75) is 30.9 Å². The van der Waals surface area contributed by atoms with E-state index < -0.39 is 23.9 Å². The van der Waals surface area contributed by atoms with Crippen molar-refractivity contribution in [1.29, 1.82) is 0 Å². The van der Waals surface area contributed by atoms with Crippen LogP contribution in [0.1, 0.15) is 41.6 Å². The average molecular weight is 472 g/mol. The lowest BCUT2D eigenvalue weighted by molar-refractivity contribution is -0.131. The molecule has 3 aliphatic rings. The van der Waals surface area contributed by atoms with E-state index in [1.807, 2.05) is 18.2 Å². The number of ether oxygens (including phenoxy) is 5. The van der Waals surface area contributed by atoms with Crippen molar-refractivity contribution < 1.29 is 38.7 Å². The summed E-state index contributed by atoms with van der Waals surface area (Å²) in [6.45, 7) is -0.281. The van der Waals surface area contributed by atoms with Gasteiger partial charge in [-0.3, -0.25) is 4.79 Å². The third-order valence-corrected chi connectivity index (χ3v) is 6.94. The summed E-state index contributed by atoms with van der Waals surface area (Å²) in [5.41, 5.74) is 2.06. The van der Waals surface area contributed by atoms with Crippen LogP contribution in [0, 0.1) is 11.8 Å². The summed E-state index contributed by atoms with van der Waals surface area (Å²) in [4.78, 5) is 13.5. The van der Waals surface area contributed by atoms with Gasteiger partial charge in [0, 0.05) is 24.5 Å². The zero-order valence-corrected chi connectivity index (χ0v) is 19.4. The van der Waals surface area contributed by atoms with E-state index in [2.05, 4.69) is 5.32 Å². The Labute approximate surface area is 197 Å². The number of aliphatic hydroxyl groups is 2. The van der Waals surface area contributed by atoms with Crippen LogP contribution in [0.4, 0.5) is 0 Å². The number of aliphatic hydroxyl groups excluding tert-OH is 2. The molecular weight excluding hydrogens is 442 g/mol. The second-order valence-electron chi connectivity index (χ2n) is 8.87. The van der Waals surface area contributed by atoms with Crippen molar-refractivity contribution in [2.75, 3.05) is 34.7 Å². The molecule has 4 atom stereocenters. The number of fused-ring (bicyclic) bond motifs is 2. The molecule has 3 N–H and O–H groups in total. The molecule has 0 saturated heterocycles. The first-order chi connectivity index (χ1) is 16.5. The summed E-state index contributed by atoms with van der Waals surface area (Å²) < 4.78 is 27.8. The van der Waals surface area contributed by atoms with Gasteiger partial charge in [-0.25, -0.2) is 0 Å². The Morgan fingerprint density at radius 1 is 1.00 bits per heavy atom. The first-order valence-electron chi connectivity index (χ1n) is 11.3. The van der Waals surface area contributed by atoms with Crippen LogP contribution in [0.25, 0.3) is 0 Å². The molecule has 1 fully saturated rings. The van der Waals surface area contributed by atoms with E-state index in [4.69, 9.17) is 23.7 Å². The molecule has 9 heteroatoms. The third-order valence-electron chi connectivity index (χ3n) is 6.94. The largest absolute Gasteiger partial charge is 0.493 e. The van der Waals surface area contributed by atoms with Crippen LogP contribution in [-0.4, -0.2) is 56.9 Å². The Morgan fingerprint density at radius 3 is 2.15 bits per heavy atom. The molecule has 9 nitrogen and oxygen atoms in total. The molecule has 1 heterocycles. The van der Waals surface area contributed by atoms with Gasteiger partial charge in [-0.15, -0.1) is 0 Å². The van der Waals surface area contributed by atoms with Gasteiger partial charge >= 0.3 is 0 Å². The molecule has 1 amide bonds. The van der Waals surface area contributed by atoms with Crippen LogP contribution in [0.5, 0.6) is 28.7 Å². The number of amides is 1. The van der Waals surface area contributed by atoms with Gasteiger partial charge in [-0.2, -0.15) is 0 Å². The normalized spacial score (nSPS) is 24.9. The Bertz CT molecular complexity index is 1070. The molecule has 0 bridgehead atoms. The standard InChI is InChI=1S/C25H29NO8/c1-30-19-6-12(7-20(31-2)24(19)32-3)21-14-8-17-18(34-11-33-17)9-15(14)23(28)16(10-27)22(21)25(29)26-13-4-5-13/h6-9,13,16,21-23,27-28H,4-5,10-11H2,1-3H3,(H,26,29)/t16-,21+,22-,23-/m0/s1. The Balaban J connectivity index is 1.72. The van der Waals surface area contributed by atoms with Gasteiger partial charge in [0.05, 0.1) is 33.4 Å². The van der Waals surface area contributed by atoms with Crippen molar-refractivity contribution in [3.8, 4) is 28.7 Å². The molecule has 0 unspecified atom stereocenters. The molecular formula is C25H29NO8. The van der Waals surface area contributed by atoms with Crippen molar-refractivity contribution in [2.24, 2.45) is 11.8 Å². The van der Waals surface area contributed by atoms with Crippen molar-refractivity contribution in [3.05, 3.63) is 41.0 Å². The molecule has 0 aromatic heterocycles. The fourth-order valence-corrected chi connectivity index (χ4v) is 5.12. The van der Waals surface area contributed by atoms with E-state index in [1.54, 1.807) is 6.07 Å². The molecule has 2 aromatic carbocycles. The second kappa shape index (κ2) is 8.88. The first-order valence-corrected chi connectivity index (χ1v) is 11.3. The number of rotatable bonds is 7. The summed E-state index contributed by atoms with van der Waals surface area (Å²) in [6, 6.07) is 7.31. The number of nitrogens with one attached hydrogen (secondary N) is 1. The minimum Gasteiger partial charge on any atom is -0.493 e.